The smallest absolute Gasteiger partial charge is 0.333 e. The zero-order valence-electron chi connectivity index (χ0n) is 18.6. The Kier molecular flexibility index (Phi) is 8.07. The maximum Gasteiger partial charge on any atom is 0.333 e. The van der Waals surface area contributed by atoms with Gasteiger partial charge in [-0.3, -0.25) is 0 Å². The summed E-state index contributed by atoms with van der Waals surface area (Å²) in [6.45, 7) is 12.7. The molecule has 1 fully saturated rings. The highest BCUT2D eigenvalue weighted by molar-refractivity contribution is 5.85. The third-order valence-corrected chi connectivity index (χ3v) is 6.67. The van der Waals surface area contributed by atoms with Crippen LogP contribution in [-0.2, 0) is 9.53 Å². The second-order valence-corrected chi connectivity index (χ2v) is 9.39. The third kappa shape index (κ3) is 6.16. The fourth-order valence-electron chi connectivity index (χ4n) is 4.40. The van der Waals surface area contributed by atoms with Crippen LogP contribution in [0.4, 0.5) is 0 Å². The molecular formula is C25H38O4. The van der Waals surface area contributed by atoms with Gasteiger partial charge in [0, 0.05) is 11.6 Å². The molecule has 0 spiro atoms. The molecule has 2 rings (SSSR count). The van der Waals surface area contributed by atoms with Crippen molar-refractivity contribution in [2.75, 3.05) is 0 Å². The molecule has 1 saturated carbocycles. The lowest BCUT2D eigenvalue weighted by atomic mass is 9.61. The van der Waals surface area contributed by atoms with Crippen molar-refractivity contribution in [3.63, 3.8) is 0 Å². The number of rotatable bonds is 9. The minimum Gasteiger partial charge on any atom is -0.429 e. The molecule has 0 aromatic carbocycles. The molecule has 29 heavy (non-hydrogen) atoms. The molecule has 1 heterocycles. The Morgan fingerprint density at radius 3 is 2.52 bits per heavy atom. The SMILES string of the molecule is C=C1CCCC(C)(C)C1(O)CC/C(C)=C/CC/C(C)=C/CCC1=CC(=O)OC1O. The van der Waals surface area contributed by atoms with Gasteiger partial charge in [-0.05, 0) is 82.6 Å². The summed E-state index contributed by atoms with van der Waals surface area (Å²) in [5.74, 6) is -0.460. The van der Waals surface area contributed by atoms with Crippen molar-refractivity contribution in [3.8, 4) is 0 Å². The van der Waals surface area contributed by atoms with E-state index in [1.54, 1.807) is 0 Å². The van der Waals surface area contributed by atoms with Gasteiger partial charge in [-0.25, -0.2) is 4.79 Å². The van der Waals surface area contributed by atoms with E-state index in [9.17, 15) is 15.0 Å². The van der Waals surface area contributed by atoms with Crippen LogP contribution < -0.4 is 0 Å². The van der Waals surface area contributed by atoms with Gasteiger partial charge < -0.3 is 14.9 Å². The van der Waals surface area contributed by atoms with E-state index in [1.165, 1.54) is 17.2 Å². The third-order valence-electron chi connectivity index (χ3n) is 6.67. The van der Waals surface area contributed by atoms with Crippen LogP contribution in [-0.4, -0.2) is 28.1 Å². The van der Waals surface area contributed by atoms with Crippen molar-refractivity contribution in [1.82, 2.24) is 0 Å². The number of aliphatic hydroxyl groups excluding tert-OH is 1. The molecule has 1 aliphatic heterocycles. The average molecular weight is 403 g/mol. The number of carbonyl (C=O) groups is 1. The number of cyclic esters (lactones) is 1. The minimum atomic E-state index is -1.07. The van der Waals surface area contributed by atoms with Crippen LogP contribution >= 0.6 is 0 Å². The second kappa shape index (κ2) is 9.90. The van der Waals surface area contributed by atoms with E-state index < -0.39 is 17.9 Å². The van der Waals surface area contributed by atoms with E-state index in [0.717, 1.165) is 56.9 Å². The summed E-state index contributed by atoms with van der Waals surface area (Å²) in [5, 5.41) is 20.8. The van der Waals surface area contributed by atoms with Crippen LogP contribution in [0.5, 0.6) is 0 Å². The first-order chi connectivity index (χ1) is 13.5. The molecule has 2 N–H and O–H groups in total. The molecule has 1 aliphatic carbocycles. The van der Waals surface area contributed by atoms with Crippen LogP contribution in [0.2, 0.25) is 0 Å². The highest BCUT2D eigenvalue weighted by atomic mass is 16.6. The lowest BCUT2D eigenvalue weighted by molar-refractivity contribution is -0.151. The molecule has 0 bridgehead atoms. The summed E-state index contributed by atoms with van der Waals surface area (Å²) in [4.78, 5) is 11.1. The van der Waals surface area contributed by atoms with Gasteiger partial charge in [-0.2, -0.15) is 0 Å². The zero-order valence-corrected chi connectivity index (χ0v) is 18.6. The van der Waals surface area contributed by atoms with Crippen LogP contribution in [0.25, 0.3) is 0 Å². The molecule has 4 nitrogen and oxygen atoms in total. The topological polar surface area (TPSA) is 66.8 Å². The Hall–Kier alpha value is -1.65. The predicted octanol–water partition coefficient (Wildman–Crippen LogP) is 5.52. The van der Waals surface area contributed by atoms with Gasteiger partial charge in [-0.1, -0.05) is 43.7 Å². The highest BCUT2D eigenvalue weighted by Crippen LogP contribution is 2.49. The molecule has 0 aromatic heterocycles. The van der Waals surface area contributed by atoms with Crippen LogP contribution in [0.3, 0.4) is 0 Å². The first-order valence-electron chi connectivity index (χ1n) is 10.9. The number of carbonyl (C=O) groups excluding carboxylic acids is 1. The quantitative estimate of drug-likeness (QED) is 0.394. The van der Waals surface area contributed by atoms with Gasteiger partial charge in [0.05, 0.1) is 5.60 Å². The molecule has 4 heteroatoms. The normalized spacial score (nSPS) is 27.8. The number of aliphatic hydroxyl groups is 2. The Labute approximate surface area is 176 Å². The summed E-state index contributed by atoms with van der Waals surface area (Å²) in [6.07, 6.45) is 12.9. The zero-order chi connectivity index (χ0) is 21.7. The lowest BCUT2D eigenvalue weighted by Gasteiger charge is -2.48. The van der Waals surface area contributed by atoms with Crippen LogP contribution in [0.1, 0.15) is 85.5 Å². The monoisotopic (exact) mass is 402 g/mol. The first kappa shape index (κ1) is 23.6. The summed E-state index contributed by atoms with van der Waals surface area (Å²) in [6, 6.07) is 0. The Morgan fingerprint density at radius 2 is 1.90 bits per heavy atom. The molecule has 162 valence electrons. The fraction of sp³-hybridized carbons (Fsp3) is 0.640. The number of hydrogen-bond acceptors (Lipinski definition) is 4. The van der Waals surface area contributed by atoms with Gasteiger partial charge in [0.15, 0.2) is 0 Å². The molecule has 0 saturated heterocycles. The summed E-state index contributed by atoms with van der Waals surface area (Å²) < 4.78 is 4.69. The highest BCUT2D eigenvalue weighted by Gasteiger charge is 2.46. The van der Waals surface area contributed by atoms with Crippen LogP contribution in [0, 0.1) is 5.41 Å². The number of ether oxygens (including phenoxy) is 1. The van der Waals surface area contributed by atoms with E-state index in [1.807, 2.05) is 0 Å². The fourth-order valence-corrected chi connectivity index (χ4v) is 4.40. The van der Waals surface area contributed by atoms with Crippen molar-refractivity contribution >= 4 is 5.97 Å². The molecular weight excluding hydrogens is 364 g/mol. The Balaban J connectivity index is 1.76. The maximum absolute atomic E-state index is 11.3. The van der Waals surface area contributed by atoms with Crippen molar-refractivity contribution in [1.29, 1.82) is 0 Å². The van der Waals surface area contributed by atoms with E-state index in [-0.39, 0.29) is 5.41 Å². The van der Waals surface area contributed by atoms with Gasteiger partial charge in [-0.15, -0.1) is 0 Å². The number of hydrogen-bond donors (Lipinski definition) is 2. The molecule has 0 radical (unpaired) electrons. The minimum absolute atomic E-state index is 0.111. The first-order valence-corrected chi connectivity index (χ1v) is 10.9. The predicted molar refractivity (Wildman–Crippen MR) is 117 cm³/mol. The van der Waals surface area contributed by atoms with E-state index in [0.29, 0.717) is 12.0 Å². The van der Waals surface area contributed by atoms with Crippen molar-refractivity contribution in [2.24, 2.45) is 5.41 Å². The molecule has 0 amide bonds. The Morgan fingerprint density at radius 1 is 1.24 bits per heavy atom. The van der Waals surface area contributed by atoms with Crippen LogP contribution in [0.15, 0.2) is 47.1 Å². The van der Waals surface area contributed by atoms with Crippen molar-refractivity contribution in [3.05, 3.63) is 47.1 Å². The van der Waals surface area contributed by atoms with Gasteiger partial charge >= 0.3 is 5.97 Å². The van der Waals surface area contributed by atoms with Gasteiger partial charge in [0.2, 0.25) is 6.29 Å². The summed E-state index contributed by atoms with van der Waals surface area (Å²) in [7, 11) is 0. The average Bonchev–Trinajstić information content (AvgIpc) is 2.95. The van der Waals surface area contributed by atoms with E-state index in [2.05, 4.69) is 51.2 Å². The van der Waals surface area contributed by atoms with Crippen molar-refractivity contribution in [2.45, 2.75) is 97.4 Å². The van der Waals surface area contributed by atoms with Gasteiger partial charge in [0.1, 0.15) is 0 Å². The number of esters is 1. The van der Waals surface area contributed by atoms with Gasteiger partial charge in [0.25, 0.3) is 0 Å². The van der Waals surface area contributed by atoms with E-state index >= 15 is 0 Å². The summed E-state index contributed by atoms with van der Waals surface area (Å²) >= 11 is 0. The summed E-state index contributed by atoms with van der Waals surface area (Å²) in [5.41, 5.74) is 3.39. The molecule has 2 atom stereocenters. The standard InChI is InChI=1S/C25H38O4/c1-18(11-7-13-21-17-22(26)29-23(21)27)9-6-10-19(2)14-16-25(28)20(3)12-8-15-24(25,4)5/h10-11,17,23,27-28H,3,6-9,12-16H2,1-2,4-5H3/b18-11+,19-10+. The lowest BCUT2D eigenvalue weighted by Crippen LogP contribution is -2.48. The molecule has 0 aromatic rings. The molecule has 2 unspecified atom stereocenters. The second-order valence-electron chi connectivity index (χ2n) is 9.39. The maximum atomic E-state index is 11.3. The van der Waals surface area contributed by atoms with Crippen molar-refractivity contribution < 1.29 is 19.7 Å². The molecule has 2 aliphatic rings. The Bertz CT molecular complexity index is 710. The van der Waals surface area contributed by atoms with E-state index in [4.69, 9.17) is 0 Å². The largest absolute Gasteiger partial charge is 0.429 e. The number of allylic oxidation sites excluding steroid dienone is 4.